The molecule has 0 saturated heterocycles. The molecule has 1 aliphatic carbocycles. The zero-order chi connectivity index (χ0) is 13.4. The van der Waals surface area contributed by atoms with Gasteiger partial charge in [-0.25, -0.2) is 4.98 Å². The second-order valence-corrected chi connectivity index (χ2v) is 6.05. The van der Waals surface area contributed by atoms with Gasteiger partial charge in [-0.1, -0.05) is 12.8 Å². The maximum Gasteiger partial charge on any atom is 0.264 e. The van der Waals surface area contributed by atoms with Crippen LogP contribution in [0, 0.1) is 3.57 Å². The van der Waals surface area contributed by atoms with Crippen LogP contribution in [0.5, 0.6) is 0 Å². The quantitative estimate of drug-likeness (QED) is 0.826. The van der Waals surface area contributed by atoms with Crippen LogP contribution in [0.25, 0.3) is 11.5 Å². The van der Waals surface area contributed by atoms with Crippen LogP contribution in [0.15, 0.2) is 17.1 Å². The molecule has 0 bridgehead atoms. The highest BCUT2D eigenvalue weighted by Gasteiger charge is 2.23. The number of halogens is 1. The average molecular weight is 370 g/mol. The summed E-state index contributed by atoms with van der Waals surface area (Å²) < 4.78 is 2.44. The molecule has 2 aromatic heterocycles. The minimum atomic E-state index is -0.0573. The molecule has 5 nitrogen and oxygen atoms in total. The van der Waals surface area contributed by atoms with Gasteiger partial charge in [-0.05, 0) is 41.5 Å². The van der Waals surface area contributed by atoms with Gasteiger partial charge in [0.2, 0.25) is 0 Å². The fourth-order valence-electron chi connectivity index (χ4n) is 2.61. The Balaban J connectivity index is 2.09. The minimum absolute atomic E-state index is 0.0573. The van der Waals surface area contributed by atoms with E-state index < -0.39 is 0 Å². The van der Waals surface area contributed by atoms with Crippen LogP contribution < -0.4 is 5.56 Å². The number of aromatic amines is 1. The lowest BCUT2D eigenvalue weighted by molar-refractivity contribution is 0.686. The lowest BCUT2D eigenvalue weighted by Gasteiger charge is -2.11. The van der Waals surface area contributed by atoms with E-state index in [9.17, 15) is 4.79 Å². The van der Waals surface area contributed by atoms with Crippen molar-refractivity contribution in [1.29, 1.82) is 0 Å². The first-order valence-electron chi connectivity index (χ1n) is 6.45. The van der Waals surface area contributed by atoms with Crippen LogP contribution in [0.2, 0.25) is 0 Å². The SMILES string of the molecule is Cn1ccc(-c2nc(C3CCCC3)c(I)c(=O)[nH]2)n1. The molecule has 2 heterocycles. The first-order valence-corrected chi connectivity index (χ1v) is 7.53. The van der Waals surface area contributed by atoms with Gasteiger partial charge >= 0.3 is 0 Å². The van der Waals surface area contributed by atoms with Gasteiger partial charge in [-0.15, -0.1) is 0 Å². The van der Waals surface area contributed by atoms with Gasteiger partial charge in [0.1, 0.15) is 9.26 Å². The molecule has 0 amide bonds. The lowest BCUT2D eigenvalue weighted by atomic mass is 10.0. The molecule has 6 heteroatoms. The lowest BCUT2D eigenvalue weighted by Crippen LogP contribution is -2.18. The molecule has 0 unspecified atom stereocenters. The summed E-state index contributed by atoms with van der Waals surface area (Å²) in [5.41, 5.74) is 1.61. The summed E-state index contributed by atoms with van der Waals surface area (Å²) in [7, 11) is 1.85. The van der Waals surface area contributed by atoms with E-state index in [0.717, 1.165) is 27.8 Å². The first-order chi connectivity index (χ1) is 9.15. The highest BCUT2D eigenvalue weighted by atomic mass is 127. The molecule has 0 aromatic carbocycles. The van der Waals surface area contributed by atoms with Crippen LogP contribution in [-0.2, 0) is 7.05 Å². The molecule has 0 atom stereocenters. The van der Waals surface area contributed by atoms with Crippen molar-refractivity contribution in [3.05, 3.63) is 31.9 Å². The summed E-state index contributed by atoms with van der Waals surface area (Å²) >= 11 is 2.10. The number of aromatic nitrogens is 4. The second-order valence-electron chi connectivity index (χ2n) is 4.97. The maximum atomic E-state index is 12.1. The van der Waals surface area contributed by atoms with Crippen LogP contribution in [0.1, 0.15) is 37.3 Å². The fraction of sp³-hybridized carbons (Fsp3) is 0.462. The van der Waals surface area contributed by atoms with Crippen molar-refractivity contribution in [2.24, 2.45) is 7.05 Å². The Morgan fingerprint density at radius 3 is 2.79 bits per heavy atom. The van der Waals surface area contributed by atoms with E-state index in [4.69, 9.17) is 0 Å². The highest BCUT2D eigenvalue weighted by molar-refractivity contribution is 14.1. The molecule has 1 fully saturated rings. The number of nitrogens with one attached hydrogen (secondary N) is 1. The number of nitrogens with zero attached hydrogens (tertiary/aromatic N) is 3. The minimum Gasteiger partial charge on any atom is -0.304 e. The van der Waals surface area contributed by atoms with Gasteiger partial charge in [-0.2, -0.15) is 5.10 Å². The standard InChI is InChI=1S/C13H15IN4O/c1-18-7-6-9(17-18)12-15-11(8-4-2-3-5-8)10(14)13(19)16-12/h6-8H,2-5H2,1H3,(H,15,16,19). The summed E-state index contributed by atoms with van der Waals surface area (Å²) in [5.74, 6) is 1.00. The van der Waals surface area contributed by atoms with Crippen LogP contribution in [0.4, 0.5) is 0 Å². The molecule has 3 rings (SSSR count). The summed E-state index contributed by atoms with van der Waals surface area (Å²) in [6.07, 6.45) is 6.58. The molecule has 1 N–H and O–H groups in total. The topological polar surface area (TPSA) is 63.6 Å². The molecule has 0 radical (unpaired) electrons. The van der Waals surface area contributed by atoms with Crippen LogP contribution >= 0.6 is 22.6 Å². The largest absolute Gasteiger partial charge is 0.304 e. The molecule has 0 spiro atoms. The van der Waals surface area contributed by atoms with E-state index in [1.807, 2.05) is 19.3 Å². The zero-order valence-electron chi connectivity index (χ0n) is 10.7. The van der Waals surface area contributed by atoms with Crippen LogP contribution in [0.3, 0.4) is 0 Å². The fourth-order valence-corrected chi connectivity index (χ4v) is 3.30. The van der Waals surface area contributed by atoms with E-state index in [1.165, 1.54) is 12.8 Å². The van der Waals surface area contributed by atoms with Gasteiger partial charge in [0.05, 0.1) is 5.69 Å². The van der Waals surface area contributed by atoms with Crippen LogP contribution in [-0.4, -0.2) is 19.7 Å². The van der Waals surface area contributed by atoms with Gasteiger partial charge < -0.3 is 4.98 Å². The average Bonchev–Trinajstić information content (AvgIpc) is 3.03. The molecule has 1 aliphatic rings. The van der Waals surface area contributed by atoms with Crippen molar-refractivity contribution in [2.75, 3.05) is 0 Å². The molecular formula is C13H15IN4O. The van der Waals surface area contributed by atoms with Gasteiger partial charge in [-0.3, -0.25) is 9.48 Å². The Kier molecular flexibility index (Phi) is 3.42. The summed E-state index contributed by atoms with van der Waals surface area (Å²) in [4.78, 5) is 19.5. The summed E-state index contributed by atoms with van der Waals surface area (Å²) in [6.45, 7) is 0. The first kappa shape index (κ1) is 12.8. The molecule has 2 aromatic rings. The molecule has 0 aliphatic heterocycles. The Morgan fingerprint density at radius 2 is 2.16 bits per heavy atom. The summed E-state index contributed by atoms with van der Waals surface area (Å²) in [5, 5.41) is 4.30. The Hall–Kier alpha value is -1.18. The van der Waals surface area contributed by atoms with E-state index in [2.05, 4.69) is 37.7 Å². The van der Waals surface area contributed by atoms with Gasteiger partial charge in [0.15, 0.2) is 5.82 Å². The van der Waals surface area contributed by atoms with E-state index in [-0.39, 0.29) is 5.56 Å². The van der Waals surface area contributed by atoms with Gasteiger partial charge in [0.25, 0.3) is 5.56 Å². The Labute approximate surface area is 124 Å². The highest BCUT2D eigenvalue weighted by Crippen LogP contribution is 2.34. The Morgan fingerprint density at radius 1 is 1.42 bits per heavy atom. The predicted octanol–water partition coefficient (Wildman–Crippen LogP) is 2.43. The third-order valence-corrected chi connectivity index (χ3v) is 4.63. The smallest absolute Gasteiger partial charge is 0.264 e. The molecule has 19 heavy (non-hydrogen) atoms. The van der Waals surface area contributed by atoms with Crippen molar-refractivity contribution >= 4 is 22.6 Å². The van der Waals surface area contributed by atoms with Gasteiger partial charge in [0, 0.05) is 19.2 Å². The number of rotatable bonds is 2. The Bertz CT molecular complexity index is 655. The molecule has 100 valence electrons. The van der Waals surface area contributed by atoms with Crippen molar-refractivity contribution in [3.8, 4) is 11.5 Å². The van der Waals surface area contributed by atoms with E-state index >= 15 is 0 Å². The molecular weight excluding hydrogens is 355 g/mol. The molecule has 1 saturated carbocycles. The second kappa shape index (κ2) is 5.07. The predicted molar refractivity (Wildman–Crippen MR) is 81.0 cm³/mol. The van der Waals surface area contributed by atoms with Crippen molar-refractivity contribution in [3.63, 3.8) is 0 Å². The third kappa shape index (κ3) is 2.45. The maximum absolute atomic E-state index is 12.1. The van der Waals surface area contributed by atoms with Crippen molar-refractivity contribution < 1.29 is 0 Å². The number of H-pyrrole nitrogens is 1. The normalized spacial score (nSPS) is 16.1. The zero-order valence-corrected chi connectivity index (χ0v) is 12.8. The number of hydrogen-bond acceptors (Lipinski definition) is 3. The monoisotopic (exact) mass is 370 g/mol. The number of hydrogen-bond donors (Lipinski definition) is 1. The van der Waals surface area contributed by atoms with Crippen molar-refractivity contribution in [1.82, 2.24) is 19.7 Å². The number of aryl methyl sites for hydroxylation is 1. The van der Waals surface area contributed by atoms with E-state index in [1.54, 1.807) is 4.68 Å². The third-order valence-electron chi connectivity index (χ3n) is 3.59. The summed E-state index contributed by atoms with van der Waals surface area (Å²) in [6, 6.07) is 1.86. The van der Waals surface area contributed by atoms with Crippen molar-refractivity contribution in [2.45, 2.75) is 31.6 Å². The van der Waals surface area contributed by atoms with E-state index in [0.29, 0.717) is 11.7 Å².